The van der Waals surface area contributed by atoms with Gasteiger partial charge in [0, 0.05) is 67.1 Å². The SMILES string of the molecule is N=Cc1c(N)cccc1-c1nc(N2CCOCC2)c2sc(CN3CCC(CN4CCCC4=O)CC3)cc2n1. The highest BCUT2D eigenvalue weighted by Crippen LogP contribution is 2.36. The Balaban J connectivity index is 1.24. The lowest BCUT2D eigenvalue weighted by molar-refractivity contribution is -0.128. The van der Waals surface area contributed by atoms with Crippen LogP contribution in [-0.2, 0) is 16.1 Å². The number of nitrogen functional groups attached to an aromatic ring is 1. The summed E-state index contributed by atoms with van der Waals surface area (Å²) >= 11 is 1.78. The Hall–Kier alpha value is -3.08. The van der Waals surface area contributed by atoms with Crippen molar-refractivity contribution in [3.05, 3.63) is 34.7 Å². The van der Waals surface area contributed by atoms with Gasteiger partial charge in [0.25, 0.3) is 0 Å². The molecule has 5 heterocycles. The molecule has 3 aromatic rings. The van der Waals surface area contributed by atoms with E-state index in [4.69, 9.17) is 25.8 Å². The molecule has 2 aromatic heterocycles. The van der Waals surface area contributed by atoms with Crippen LogP contribution in [-0.4, -0.2) is 84.4 Å². The molecule has 3 aliphatic rings. The third-order valence-electron chi connectivity index (χ3n) is 7.98. The van der Waals surface area contributed by atoms with Crippen molar-refractivity contribution in [1.29, 1.82) is 5.41 Å². The van der Waals surface area contributed by atoms with Gasteiger partial charge in [0.05, 0.1) is 23.4 Å². The highest BCUT2D eigenvalue weighted by Gasteiger charge is 2.27. The normalized spacial score (nSPS) is 19.5. The molecule has 9 nitrogen and oxygen atoms in total. The molecular weight excluding hydrogens is 498 g/mol. The Morgan fingerprint density at radius 3 is 2.68 bits per heavy atom. The monoisotopic (exact) mass is 533 g/mol. The molecule has 38 heavy (non-hydrogen) atoms. The molecule has 3 aliphatic heterocycles. The number of nitrogens with two attached hydrogens (primary N) is 1. The molecule has 1 amide bonds. The number of likely N-dealkylation sites (tertiary alicyclic amines) is 2. The van der Waals surface area contributed by atoms with E-state index in [2.05, 4.69) is 20.8 Å². The van der Waals surface area contributed by atoms with Crippen LogP contribution in [0, 0.1) is 11.3 Å². The Bertz CT molecular complexity index is 1330. The summed E-state index contributed by atoms with van der Waals surface area (Å²) in [5.41, 5.74) is 9.10. The van der Waals surface area contributed by atoms with Crippen molar-refractivity contribution < 1.29 is 9.53 Å². The van der Waals surface area contributed by atoms with Crippen molar-refractivity contribution in [1.82, 2.24) is 19.8 Å². The summed E-state index contributed by atoms with van der Waals surface area (Å²) in [5, 5.41) is 7.91. The van der Waals surface area contributed by atoms with Crippen LogP contribution in [0.3, 0.4) is 0 Å². The van der Waals surface area contributed by atoms with Gasteiger partial charge in [0.2, 0.25) is 5.91 Å². The molecule has 3 N–H and O–H groups in total. The van der Waals surface area contributed by atoms with Gasteiger partial charge in [0.15, 0.2) is 11.6 Å². The molecule has 0 aliphatic carbocycles. The summed E-state index contributed by atoms with van der Waals surface area (Å²) in [5.74, 6) is 2.49. The molecule has 1 aromatic carbocycles. The predicted molar refractivity (Wildman–Crippen MR) is 152 cm³/mol. The second kappa shape index (κ2) is 11.0. The minimum absolute atomic E-state index is 0.334. The maximum atomic E-state index is 12.0. The zero-order valence-electron chi connectivity index (χ0n) is 21.7. The number of ether oxygens (including phenoxy) is 1. The first kappa shape index (κ1) is 25.2. The Kier molecular flexibility index (Phi) is 7.27. The van der Waals surface area contributed by atoms with Crippen molar-refractivity contribution in [2.75, 3.05) is 63.1 Å². The maximum absolute atomic E-state index is 12.0. The number of carbonyl (C=O) groups excluding carboxylic acids is 1. The van der Waals surface area contributed by atoms with Gasteiger partial charge in [-0.3, -0.25) is 9.69 Å². The third-order valence-corrected chi connectivity index (χ3v) is 9.08. The van der Waals surface area contributed by atoms with Gasteiger partial charge in [-0.05, 0) is 50.4 Å². The summed E-state index contributed by atoms with van der Waals surface area (Å²) in [4.78, 5) is 30.2. The van der Waals surface area contributed by atoms with E-state index in [0.29, 0.717) is 42.1 Å². The van der Waals surface area contributed by atoms with E-state index >= 15 is 0 Å². The van der Waals surface area contributed by atoms with E-state index in [1.807, 2.05) is 12.1 Å². The van der Waals surface area contributed by atoms with Crippen LogP contribution in [0.1, 0.15) is 36.1 Å². The lowest BCUT2D eigenvalue weighted by atomic mass is 9.96. The van der Waals surface area contributed by atoms with Crippen LogP contribution < -0.4 is 10.6 Å². The molecule has 6 rings (SSSR count). The summed E-state index contributed by atoms with van der Waals surface area (Å²) in [6, 6.07) is 7.84. The summed E-state index contributed by atoms with van der Waals surface area (Å²) < 4.78 is 6.71. The number of carbonyl (C=O) groups is 1. The molecular formula is C28H35N7O2S. The number of hydrogen-bond donors (Lipinski definition) is 2. The van der Waals surface area contributed by atoms with Crippen LogP contribution in [0.2, 0.25) is 0 Å². The first-order valence-electron chi connectivity index (χ1n) is 13.6. The van der Waals surface area contributed by atoms with E-state index in [1.54, 1.807) is 17.4 Å². The lowest BCUT2D eigenvalue weighted by Gasteiger charge is -2.33. The van der Waals surface area contributed by atoms with Crippen molar-refractivity contribution in [3.8, 4) is 11.4 Å². The van der Waals surface area contributed by atoms with E-state index in [0.717, 1.165) is 93.1 Å². The fourth-order valence-corrected chi connectivity index (χ4v) is 7.00. The van der Waals surface area contributed by atoms with E-state index in [1.165, 1.54) is 11.1 Å². The number of morpholine rings is 1. The second-order valence-corrected chi connectivity index (χ2v) is 11.6. The van der Waals surface area contributed by atoms with Gasteiger partial charge in [-0.15, -0.1) is 11.3 Å². The number of piperidine rings is 1. The zero-order chi connectivity index (χ0) is 26.1. The molecule has 0 bridgehead atoms. The fraction of sp³-hybridized carbons (Fsp3) is 0.500. The number of nitrogens with one attached hydrogen (secondary N) is 1. The predicted octanol–water partition coefficient (Wildman–Crippen LogP) is 3.61. The maximum Gasteiger partial charge on any atom is 0.222 e. The fourth-order valence-electron chi connectivity index (χ4n) is 5.85. The summed E-state index contributed by atoms with van der Waals surface area (Å²) in [7, 11) is 0. The molecule has 3 saturated heterocycles. The quantitative estimate of drug-likeness (QED) is 0.353. The van der Waals surface area contributed by atoms with Crippen molar-refractivity contribution in [2.45, 2.75) is 32.2 Å². The molecule has 0 atom stereocenters. The highest BCUT2D eigenvalue weighted by molar-refractivity contribution is 7.19. The van der Waals surface area contributed by atoms with Crippen molar-refractivity contribution in [2.24, 2.45) is 5.92 Å². The topological polar surface area (TPSA) is 112 Å². The van der Waals surface area contributed by atoms with Crippen LogP contribution in [0.25, 0.3) is 21.6 Å². The largest absolute Gasteiger partial charge is 0.398 e. The van der Waals surface area contributed by atoms with E-state index < -0.39 is 0 Å². The second-order valence-electron chi connectivity index (χ2n) is 10.5. The van der Waals surface area contributed by atoms with Crippen LogP contribution in [0.4, 0.5) is 11.5 Å². The average Bonchev–Trinajstić information content (AvgIpc) is 3.54. The standard InChI is InChI=1S/C28H35N7O2S/c29-16-22-21(3-1-4-23(22)30)27-31-24-15-20(38-26(24)28(32-27)34-11-13-37-14-12-34)18-33-9-6-19(7-10-33)17-35-8-2-5-25(35)36/h1,3-4,15-16,19,29H,2,5-14,17-18,30H2. The van der Waals surface area contributed by atoms with Gasteiger partial charge in [0.1, 0.15) is 0 Å². The highest BCUT2D eigenvalue weighted by atomic mass is 32.1. The number of hydrogen-bond acceptors (Lipinski definition) is 9. The Morgan fingerprint density at radius 1 is 1.13 bits per heavy atom. The van der Waals surface area contributed by atoms with Gasteiger partial charge >= 0.3 is 0 Å². The molecule has 3 fully saturated rings. The molecule has 0 saturated carbocycles. The average molecular weight is 534 g/mol. The number of nitrogens with zero attached hydrogens (tertiary/aromatic N) is 5. The first-order valence-corrected chi connectivity index (χ1v) is 14.4. The number of fused-ring (bicyclic) bond motifs is 1. The molecule has 10 heteroatoms. The Labute approximate surface area is 227 Å². The first-order chi connectivity index (χ1) is 18.6. The minimum Gasteiger partial charge on any atom is -0.398 e. The van der Waals surface area contributed by atoms with Gasteiger partial charge in [-0.25, -0.2) is 9.97 Å². The molecule has 0 radical (unpaired) electrons. The zero-order valence-corrected chi connectivity index (χ0v) is 22.5. The van der Waals surface area contributed by atoms with Crippen molar-refractivity contribution >= 4 is 45.2 Å². The van der Waals surface area contributed by atoms with Crippen LogP contribution in [0.15, 0.2) is 24.3 Å². The van der Waals surface area contributed by atoms with Gasteiger partial charge in [-0.2, -0.15) is 0 Å². The van der Waals surface area contributed by atoms with Crippen molar-refractivity contribution in [3.63, 3.8) is 0 Å². The summed E-state index contributed by atoms with van der Waals surface area (Å²) in [6.07, 6.45) is 5.30. The number of anilines is 2. The van der Waals surface area contributed by atoms with Crippen LogP contribution >= 0.6 is 11.3 Å². The number of thiophene rings is 1. The van der Waals surface area contributed by atoms with E-state index in [9.17, 15) is 4.79 Å². The smallest absolute Gasteiger partial charge is 0.222 e. The number of rotatable bonds is 7. The van der Waals surface area contributed by atoms with Crippen LogP contribution in [0.5, 0.6) is 0 Å². The number of benzene rings is 1. The molecule has 0 unspecified atom stereocenters. The lowest BCUT2D eigenvalue weighted by Crippen LogP contribution is -2.38. The molecule has 0 spiro atoms. The van der Waals surface area contributed by atoms with E-state index in [-0.39, 0.29) is 0 Å². The third kappa shape index (κ3) is 5.12. The van der Waals surface area contributed by atoms with Gasteiger partial charge < -0.3 is 25.7 Å². The molecule has 200 valence electrons. The minimum atomic E-state index is 0.334. The van der Waals surface area contributed by atoms with Gasteiger partial charge in [-0.1, -0.05) is 12.1 Å². The Morgan fingerprint density at radius 2 is 1.95 bits per heavy atom. The number of aromatic nitrogens is 2. The summed E-state index contributed by atoms with van der Waals surface area (Å²) in [6.45, 7) is 7.83. The number of amides is 1.